The predicted molar refractivity (Wildman–Crippen MR) is 80.6 cm³/mol. The van der Waals surface area contributed by atoms with Crippen molar-refractivity contribution in [1.82, 2.24) is 4.31 Å². The highest BCUT2D eigenvalue weighted by Crippen LogP contribution is 2.30. The third kappa shape index (κ3) is 4.11. The Balaban J connectivity index is 3.31. The molecule has 0 unspecified atom stereocenters. The average molecular weight is 331 g/mol. The van der Waals surface area contributed by atoms with Gasteiger partial charge in [-0.3, -0.25) is 4.79 Å². The summed E-state index contributed by atoms with van der Waals surface area (Å²) in [5, 5.41) is 0. The number of carbonyl (C=O) groups is 1. The van der Waals surface area contributed by atoms with Gasteiger partial charge < -0.3 is 14.2 Å². The maximum absolute atomic E-state index is 12.8. The first-order valence-corrected chi connectivity index (χ1v) is 8.13. The summed E-state index contributed by atoms with van der Waals surface area (Å²) < 4.78 is 41.4. The molecule has 0 aliphatic heterocycles. The summed E-state index contributed by atoms with van der Waals surface area (Å²) in [6.07, 6.45) is 0.558. The quantitative estimate of drug-likeness (QED) is 0.667. The zero-order valence-electron chi connectivity index (χ0n) is 13.2. The molecule has 0 heterocycles. The minimum Gasteiger partial charge on any atom is -0.497 e. The van der Waals surface area contributed by atoms with Crippen LogP contribution in [0.25, 0.3) is 0 Å². The van der Waals surface area contributed by atoms with Gasteiger partial charge in [-0.15, -0.1) is 0 Å². The van der Waals surface area contributed by atoms with E-state index in [1.54, 1.807) is 6.07 Å². The van der Waals surface area contributed by atoms with Crippen LogP contribution >= 0.6 is 0 Å². The zero-order valence-corrected chi connectivity index (χ0v) is 14.0. The fourth-order valence-corrected chi connectivity index (χ4v) is 3.51. The molecule has 0 aliphatic carbocycles. The molecule has 0 aromatic heterocycles. The number of benzene rings is 1. The summed E-state index contributed by atoms with van der Waals surface area (Å²) in [7, 11) is 0.118. The minimum absolute atomic E-state index is 0.0493. The number of sulfonamides is 1. The number of esters is 1. The number of rotatable bonds is 8. The van der Waals surface area contributed by atoms with Gasteiger partial charge in [0.1, 0.15) is 22.9 Å². The minimum atomic E-state index is -3.92. The summed E-state index contributed by atoms with van der Waals surface area (Å²) >= 11 is 0. The van der Waals surface area contributed by atoms with E-state index in [1.807, 2.05) is 6.92 Å². The van der Waals surface area contributed by atoms with E-state index in [2.05, 4.69) is 4.74 Å². The van der Waals surface area contributed by atoms with Gasteiger partial charge in [0.15, 0.2) is 0 Å². The Kier molecular flexibility index (Phi) is 6.63. The number of methoxy groups -OCH3 is 3. The van der Waals surface area contributed by atoms with Crippen LogP contribution in [-0.4, -0.2) is 53.1 Å². The van der Waals surface area contributed by atoms with Crippen LogP contribution in [0, 0.1) is 0 Å². The van der Waals surface area contributed by atoms with Crippen molar-refractivity contribution in [3.8, 4) is 11.5 Å². The molecule has 1 aromatic rings. The number of ether oxygens (including phenoxy) is 3. The molecule has 7 nitrogen and oxygen atoms in total. The maximum Gasteiger partial charge on any atom is 0.321 e. The Labute approximate surface area is 130 Å². The monoisotopic (exact) mass is 331 g/mol. The third-order valence-electron chi connectivity index (χ3n) is 2.99. The van der Waals surface area contributed by atoms with Crippen LogP contribution in [0.1, 0.15) is 13.3 Å². The summed E-state index contributed by atoms with van der Waals surface area (Å²) in [6.45, 7) is 1.66. The number of nitrogens with zero attached hydrogens (tertiary/aromatic N) is 1. The molecule has 124 valence electrons. The molecule has 1 aromatic carbocycles. The molecule has 8 heteroatoms. The van der Waals surface area contributed by atoms with Crippen LogP contribution < -0.4 is 9.47 Å². The van der Waals surface area contributed by atoms with Crippen molar-refractivity contribution in [3.63, 3.8) is 0 Å². The van der Waals surface area contributed by atoms with Crippen LogP contribution in [0.5, 0.6) is 11.5 Å². The van der Waals surface area contributed by atoms with E-state index >= 15 is 0 Å². The van der Waals surface area contributed by atoms with Crippen LogP contribution in [0.3, 0.4) is 0 Å². The molecular weight excluding hydrogens is 310 g/mol. The number of carbonyl (C=O) groups excluding carboxylic acids is 1. The lowest BCUT2D eigenvalue weighted by atomic mass is 10.3. The van der Waals surface area contributed by atoms with E-state index in [0.717, 1.165) is 4.31 Å². The molecule has 0 saturated heterocycles. The van der Waals surface area contributed by atoms with Gasteiger partial charge in [0.05, 0.1) is 21.3 Å². The maximum atomic E-state index is 12.8. The molecular formula is C14H21NO6S. The van der Waals surface area contributed by atoms with E-state index in [9.17, 15) is 13.2 Å². The SMILES string of the molecule is CCCN(CC(=O)OC)S(=O)(=O)c1cc(OC)ccc1OC. The fraction of sp³-hybridized carbons (Fsp3) is 0.500. The second-order valence-corrected chi connectivity index (χ2v) is 6.34. The highest BCUT2D eigenvalue weighted by Gasteiger charge is 2.29. The Morgan fingerprint density at radius 3 is 2.36 bits per heavy atom. The Morgan fingerprint density at radius 1 is 1.18 bits per heavy atom. The fourth-order valence-electron chi connectivity index (χ4n) is 1.87. The molecule has 22 heavy (non-hydrogen) atoms. The summed E-state index contributed by atoms with van der Waals surface area (Å²) in [5.41, 5.74) is 0. The van der Waals surface area contributed by atoms with Gasteiger partial charge in [-0.25, -0.2) is 8.42 Å². The Morgan fingerprint density at radius 2 is 1.86 bits per heavy atom. The Bertz CT molecular complexity index is 614. The summed E-state index contributed by atoms with van der Waals surface area (Å²) in [6, 6.07) is 4.48. The van der Waals surface area contributed by atoms with E-state index in [4.69, 9.17) is 9.47 Å². The molecule has 0 saturated carbocycles. The second kappa shape index (κ2) is 8.00. The lowest BCUT2D eigenvalue weighted by molar-refractivity contribution is -0.140. The smallest absolute Gasteiger partial charge is 0.321 e. The standard InChI is InChI=1S/C14H21NO6S/c1-5-8-15(10-14(16)21-4)22(17,18)13-9-11(19-2)6-7-12(13)20-3/h6-7,9H,5,8,10H2,1-4H3. The molecule has 1 rings (SSSR count). The first kappa shape index (κ1) is 18.2. The summed E-state index contributed by atoms with van der Waals surface area (Å²) in [5.74, 6) is -0.0560. The molecule has 0 N–H and O–H groups in total. The van der Waals surface area contributed by atoms with Crippen molar-refractivity contribution in [1.29, 1.82) is 0 Å². The van der Waals surface area contributed by atoms with Gasteiger partial charge in [-0.05, 0) is 18.6 Å². The van der Waals surface area contributed by atoms with E-state index in [1.165, 1.54) is 33.5 Å². The molecule has 0 bridgehead atoms. The molecule has 0 amide bonds. The lowest BCUT2D eigenvalue weighted by Crippen LogP contribution is -2.37. The van der Waals surface area contributed by atoms with Gasteiger partial charge in [0.25, 0.3) is 0 Å². The normalized spacial score (nSPS) is 11.3. The second-order valence-electron chi connectivity index (χ2n) is 4.43. The van der Waals surface area contributed by atoms with Gasteiger partial charge in [0, 0.05) is 12.6 Å². The molecule has 0 radical (unpaired) electrons. The van der Waals surface area contributed by atoms with E-state index in [-0.39, 0.29) is 23.7 Å². The first-order chi connectivity index (χ1) is 10.4. The molecule has 0 fully saturated rings. The van der Waals surface area contributed by atoms with Crippen LogP contribution in [0.15, 0.2) is 23.1 Å². The van der Waals surface area contributed by atoms with Crippen molar-refractivity contribution in [3.05, 3.63) is 18.2 Å². The lowest BCUT2D eigenvalue weighted by Gasteiger charge is -2.21. The van der Waals surface area contributed by atoms with E-state index in [0.29, 0.717) is 12.2 Å². The van der Waals surface area contributed by atoms with Crippen molar-refractivity contribution in [2.24, 2.45) is 0 Å². The predicted octanol–water partition coefficient (Wildman–Crippen LogP) is 1.28. The van der Waals surface area contributed by atoms with E-state index < -0.39 is 16.0 Å². The summed E-state index contributed by atoms with van der Waals surface area (Å²) in [4.78, 5) is 11.4. The molecule has 0 atom stereocenters. The van der Waals surface area contributed by atoms with Crippen molar-refractivity contribution < 1.29 is 27.4 Å². The van der Waals surface area contributed by atoms with Crippen molar-refractivity contribution >= 4 is 16.0 Å². The molecule has 0 spiro atoms. The van der Waals surface area contributed by atoms with Gasteiger partial charge in [-0.2, -0.15) is 4.31 Å². The van der Waals surface area contributed by atoms with Crippen LogP contribution in [-0.2, 0) is 19.6 Å². The van der Waals surface area contributed by atoms with Gasteiger partial charge in [-0.1, -0.05) is 6.92 Å². The first-order valence-electron chi connectivity index (χ1n) is 6.69. The van der Waals surface area contributed by atoms with Gasteiger partial charge in [0.2, 0.25) is 10.0 Å². The largest absolute Gasteiger partial charge is 0.497 e. The highest BCUT2D eigenvalue weighted by molar-refractivity contribution is 7.89. The average Bonchev–Trinajstić information content (AvgIpc) is 2.53. The Hall–Kier alpha value is -1.80. The van der Waals surface area contributed by atoms with Crippen molar-refractivity contribution in [2.45, 2.75) is 18.2 Å². The third-order valence-corrected chi connectivity index (χ3v) is 4.86. The molecule has 0 aliphatic rings. The van der Waals surface area contributed by atoms with Crippen molar-refractivity contribution in [2.75, 3.05) is 34.4 Å². The van der Waals surface area contributed by atoms with Crippen LogP contribution in [0.4, 0.5) is 0 Å². The topological polar surface area (TPSA) is 82.1 Å². The highest BCUT2D eigenvalue weighted by atomic mass is 32.2. The van der Waals surface area contributed by atoms with Gasteiger partial charge >= 0.3 is 5.97 Å². The van der Waals surface area contributed by atoms with Crippen LogP contribution in [0.2, 0.25) is 0 Å². The number of hydrogen-bond donors (Lipinski definition) is 0. The number of hydrogen-bond acceptors (Lipinski definition) is 6. The zero-order chi connectivity index (χ0) is 16.8.